The lowest BCUT2D eigenvalue weighted by Gasteiger charge is -2.15. The SMILES string of the molecule is O=C(NCCNC(=O)c1ccc(F)cc1)N[C@H]1COC[C@@H]1O. The minimum Gasteiger partial charge on any atom is -0.388 e. The van der Waals surface area contributed by atoms with Crippen LogP contribution in [0, 0.1) is 5.82 Å². The zero-order valence-electron chi connectivity index (χ0n) is 11.8. The molecule has 0 spiro atoms. The molecule has 1 aromatic rings. The largest absolute Gasteiger partial charge is 0.388 e. The zero-order chi connectivity index (χ0) is 15.9. The number of benzene rings is 1. The van der Waals surface area contributed by atoms with Gasteiger partial charge in [0, 0.05) is 18.7 Å². The molecule has 0 radical (unpaired) electrons. The molecule has 1 aromatic carbocycles. The molecule has 0 bridgehead atoms. The molecule has 7 nitrogen and oxygen atoms in total. The van der Waals surface area contributed by atoms with Gasteiger partial charge in [0.15, 0.2) is 0 Å². The summed E-state index contributed by atoms with van der Waals surface area (Å²) < 4.78 is 17.7. The van der Waals surface area contributed by atoms with Crippen LogP contribution < -0.4 is 16.0 Å². The molecule has 120 valence electrons. The number of aliphatic hydroxyl groups excluding tert-OH is 1. The first-order chi connectivity index (χ1) is 10.6. The van der Waals surface area contributed by atoms with Gasteiger partial charge in [0.05, 0.1) is 25.4 Å². The molecule has 8 heteroatoms. The Kier molecular flexibility index (Phi) is 5.68. The quantitative estimate of drug-likeness (QED) is 0.557. The van der Waals surface area contributed by atoms with Gasteiger partial charge in [-0.05, 0) is 24.3 Å². The van der Waals surface area contributed by atoms with E-state index in [-0.39, 0.29) is 32.2 Å². The van der Waals surface area contributed by atoms with Crippen molar-refractivity contribution in [3.8, 4) is 0 Å². The summed E-state index contributed by atoms with van der Waals surface area (Å²) in [5.74, 6) is -0.755. The average molecular weight is 311 g/mol. The number of ether oxygens (including phenoxy) is 1. The number of rotatable bonds is 5. The van der Waals surface area contributed by atoms with Crippen molar-refractivity contribution in [3.05, 3.63) is 35.6 Å². The second-order valence-electron chi connectivity index (χ2n) is 4.87. The third-order valence-corrected chi connectivity index (χ3v) is 3.17. The first-order valence-corrected chi connectivity index (χ1v) is 6.90. The van der Waals surface area contributed by atoms with E-state index >= 15 is 0 Å². The Morgan fingerprint density at radius 1 is 1.18 bits per heavy atom. The van der Waals surface area contributed by atoms with Crippen LogP contribution in [0.15, 0.2) is 24.3 Å². The average Bonchev–Trinajstić information content (AvgIpc) is 2.89. The summed E-state index contributed by atoms with van der Waals surface area (Å²) in [6.45, 7) is 0.935. The highest BCUT2D eigenvalue weighted by Crippen LogP contribution is 2.04. The van der Waals surface area contributed by atoms with E-state index in [1.807, 2.05) is 0 Å². The van der Waals surface area contributed by atoms with E-state index in [1.165, 1.54) is 24.3 Å². The Morgan fingerprint density at radius 3 is 2.50 bits per heavy atom. The molecule has 0 unspecified atom stereocenters. The van der Waals surface area contributed by atoms with Gasteiger partial charge in [0.2, 0.25) is 0 Å². The van der Waals surface area contributed by atoms with E-state index in [0.717, 1.165) is 0 Å². The van der Waals surface area contributed by atoms with E-state index in [1.54, 1.807) is 0 Å². The van der Waals surface area contributed by atoms with Crippen molar-refractivity contribution in [1.29, 1.82) is 0 Å². The predicted octanol–water partition coefficient (Wildman–Crippen LogP) is -0.386. The summed E-state index contributed by atoms with van der Waals surface area (Å²) in [4.78, 5) is 23.3. The van der Waals surface area contributed by atoms with Crippen molar-refractivity contribution in [3.63, 3.8) is 0 Å². The summed E-state index contributed by atoms with van der Waals surface area (Å²) in [7, 11) is 0. The Bertz CT molecular complexity index is 523. The number of carbonyl (C=O) groups is 2. The molecule has 2 atom stereocenters. The minimum absolute atomic E-state index is 0.207. The zero-order valence-corrected chi connectivity index (χ0v) is 11.8. The minimum atomic E-state index is -0.705. The van der Waals surface area contributed by atoms with Gasteiger partial charge in [0.25, 0.3) is 5.91 Å². The summed E-state index contributed by atoms with van der Waals surface area (Å²) in [6, 6.07) is 4.31. The van der Waals surface area contributed by atoms with E-state index in [2.05, 4.69) is 16.0 Å². The molecule has 0 saturated carbocycles. The van der Waals surface area contributed by atoms with Crippen molar-refractivity contribution in [2.24, 2.45) is 0 Å². The van der Waals surface area contributed by atoms with Crippen LogP contribution >= 0.6 is 0 Å². The van der Waals surface area contributed by atoms with Crippen LogP contribution in [0.3, 0.4) is 0 Å². The number of nitrogens with one attached hydrogen (secondary N) is 3. The molecule has 4 N–H and O–H groups in total. The van der Waals surface area contributed by atoms with Crippen LogP contribution in [-0.4, -0.2) is 55.5 Å². The first kappa shape index (κ1) is 16.2. The predicted molar refractivity (Wildman–Crippen MR) is 75.9 cm³/mol. The second kappa shape index (κ2) is 7.71. The standard InChI is InChI=1S/C14H18FN3O4/c15-10-3-1-9(2-4-10)13(20)16-5-6-17-14(21)18-11-7-22-8-12(11)19/h1-4,11-12,19H,5-8H2,(H,16,20)(H2,17,18,21)/t11-,12-/m0/s1. The molecular formula is C14H18FN3O4. The maximum atomic E-state index is 12.7. The van der Waals surface area contributed by atoms with Crippen LogP contribution in [0.1, 0.15) is 10.4 Å². The van der Waals surface area contributed by atoms with E-state index in [9.17, 15) is 19.1 Å². The topological polar surface area (TPSA) is 99.7 Å². The van der Waals surface area contributed by atoms with Gasteiger partial charge in [-0.2, -0.15) is 0 Å². The molecule has 1 fully saturated rings. The van der Waals surface area contributed by atoms with Crippen molar-refractivity contribution in [2.75, 3.05) is 26.3 Å². The molecule has 3 amide bonds. The fourth-order valence-corrected chi connectivity index (χ4v) is 1.96. The van der Waals surface area contributed by atoms with Crippen molar-refractivity contribution in [1.82, 2.24) is 16.0 Å². The van der Waals surface area contributed by atoms with Crippen LogP contribution in [0.25, 0.3) is 0 Å². The van der Waals surface area contributed by atoms with Gasteiger partial charge in [-0.3, -0.25) is 4.79 Å². The molecule has 2 rings (SSSR count). The monoisotopic (exact) mass is 311 g/mol. The van der Waals surface area contributed by atoms with Gasteiger partial charge < -0.3 is 25.8 Å². The maximum Gasteiger partial charge on any atom is 0.315 e. The summed E-state index contributed by atoms with van der Waals surface area (Å²) >= 11 is 0. The lowest BCUT2D eigenvalue weighted by Crippen LogP contribution is -2.48. The Balaban J connectivity index is 1.63. The third-order valence-electron chi connectivity index (χ3n) is 3.17. The van der Waals surface area contributed by atoms with E-state index in [0.29, 0.717) is 5.56 Å². The fourth-order valence-electron chi connectivity index (χ4n) is 1.96. The number of urea groups is 1. The Hall–Kier alpha value is -2.19. The van der Waals surface area contributed by atoms with Gasteiger partial charge in [0.1, 0.15) is 5.82 Å². The van der Waals surface area contributed by atoms with Crippen LogP contribution in [0.5, 0.6) is 0 Å². The molecule has 1 saturated heterocycles. The summed E-state index contributed by atoms with van der Waals surface area (Å²) in [6.07, 6.45) is -0.705. The van der Waals surface area contributed by atoms with Crippen molar-refractivity contribution >= 4 is 11.9 Å². The summed E-state index contributed by atoms with van der Waals surface area (Å²) in [5, 5.41) is 17.2. The summed E-state index contributed by atoms with van der Waals surface area (Å²) in [5.41, 5.74) is 0.345. The van der Waals surface area contributed by atoms with Gasteiger partial charge >= 0.3 is 6.03 Å². The number of amides is 3. The van der Waals surface area contributed by atoms with Crippen molar-refractivity contribution in [2.45, 2.75) is 12.1 Å². The van der Waals surface area contributed by atoms with Crippen LogP contribution in [0.2, 0.25) is 0 Å². The number of hydrogen-bond donors (Lipinski definition) is 4. The second-order valence-corrected chi connectivity index (χ2v) is 4.87. The number of halogens is 1. The van der Waals surface area contributed by atoms with Crippen LogP contribution in [-0.2, 0) is 4.74 Å². The lowest BCUT2D eigenvalue weighted by atomic mass is 10.2. The third kappa shape index (κ3) is 4.68. The fraction of sp³-hybridized carbons (Fsp3) is 0.429. The van der Waals surface area contributed by atoms with Crippen molar-refractivity contribution < 1.29 is 23.8 Å². The van der Waals surface area contributed by atoms with Gasteiger partial charge in [-0.1, -0.05) is 0 Å². The smallest absolute Gasteiger partial charge is 0.315 e. The molecular weight excluding hydrogens is 293 g/mol. The number of carbonyl (C=O) groups excluding carboxylic acids is 2. The lowest BCUT2D eigenvalue weighted by molar-refractivity contribution is 0.0953. The number of hydrogen-bond acceptors (Lipinski definition) is 4. The molecule has 0 aliphatic carbocycles. The van der Waals surface area contributed by atoms with Gasteiger partial charge in [-0.25, -0.2) is 9.18 Å². The van der Waals surface area contributed by atoms with E-state index < -0.39 is 24.0 Å². The molecule has 1 heterocycles. The highest BCUT2D eigenvalue weighted by atomic mass is 19.1. The number of aliphatic hydroxyl groups is 1. The van der Waals surface area contributed by atoms with E-state index in [4.69, 9.17) is 4.74 Å². The molecule has 22 heavy (non-hydrogen) atoms. The normalized spacial score (nSPS) is 20.5. The molecule has 0 aromatic heterocycles. The molecule has 1 aliphatic heterocycles. The highest BCUT2D eigenvalue weighted by Gasteiger charge is 2.27. The first-order valence-electron chi connectivity index (χ1n) is 6.90. The van der Waals surface area contributed by atoms with Gasteiger partial charge in [-0.15, -0.1) is 0 Å². The Labute approximate surface area is 126 Å². The maximum absolute atomic E-state index is 12.7. The Morgan fingerprint density at radius 2 is 1.86 bits per heavy atom. The highest BCUT2D eigenvalue weighted by molar-refractivity contribution is 5.94. The van der Waals surface area contributed by atoms with Crippen LogP contribution in [0.4, 0.5) is 9.18 Å². The molecule has 1 aliphatic rings.